The number of aryl methyl sites for hydroxylation is 1. The molecule has 2 amide bonds. The molecule has 0 saturated carbocycles. The zero-order valence-corrected chi connectivity index (χ0v) is 11.5. The molecule has 0 aromatic carbocycles. The first-order valence-corrected chi connectivity index (χ1v) is 5.71. The van der Waals surface area contributed by atoms with Crippen LogP contribution in [0, 0.1) is 6.92 Å². The zero-order chi connectivity index (χ0) is 13.9. The SMILES string of the molecule is CNc1c(CNC(=O)N(C)C)c(=O)cc(C)n1C. The van der Waals surface area contributed by atoms with Crippen LogP contribution in [0.1, 0.15) is 11.3 Å². The minimum absolute atomic E-state index is 0.0750. The van der Waals surface area contributed by atoms with Gasteiger partial charge in [0.1, 0.15) is 5.82 Å². The minimum atomic E-state index is -0.223. The molecule has 1 aromatic heterocycles. The van der Waals surface area contributed by atoms with Crippen LogP contribution in [-0.4, -0.2) is 36.6 Å². The van der Waals surface area contributed by atoms with Crippen LogP contribution in [-0.2, 0) is 13.6 Å². The maximum Gasteiger partial charge on any atom is 0.317 e. The summed E-state index contributed by atoms with van der Waals surface area (Å²) in [6, 6.07) is 1.34. The number of carbonyl (C=O) groups excluding carboxylic acids is 1. The van der Waals surface area contributed by atoms with E-state index in [4.69, 9.17) is 0 Å². The van der Waals surface area contributed by atoms with Gasteiger partial charge in [-0.25, -0.2) is 4.79 Å². The van der Waals surface area contributed by atoms with E-state index in [2.05, 4.69) is 10.6 Å². The molecule has 100 valence electrons. The van der Waals surface area contributed by atoms with Gasteiger partial charge in [-0.3, -0.25) is 4.79 Å². The summed E-state index contributed by atoms with van der Waals surface area (Å²) >= 11 is 0. The Balaban J connectivity index is 3.06. The fourth-order valence-electron chi connectivity index (χ4n) is 1.68. The number of amides is 2. The van der Waals surface area contributed by atoms with Gasteiger partial charge in [0.15, 0.2) is 5.43 Å². The van der Waals surface area contributed by atoms with Crippen LogP contribution in [0.5, 0.6) is 0 Å². The highest BCUT2D eigenvalue weighted by Gasteiger charge is 2.12. The first kappa shape index (κ1) is 14.1. The Morgan fingerprint density at radius 2 is 2.06 bits per heavy atom. The number of anilines is 1. The number of hydrogen-bond acceptors (Lipinski definition) is 3. The lowest BCUT2D eigenvalue weighted by molar-refractivity contribution is 0.217. The maximum absolute atomic E-state index is 11.9. The van der Waals surface area contributed by atoms with Gasteiger partial charge in [-0.15, -0.1) is 0 Å². The van der Waals surface area contributed by atoms with E-state index >= 15 is 0 Å². The normalized spacial score (nSPS) is 10.1. The third-order valence-corrected chi connectivity index (χ3v) is 2.85. The van der Waals surface area contributed by atoms with Crippen LogP contribution in [0.2, 0.25) is 0 Å². The van der Waals surface area contributed by atoms with Crippen LogP contribution in [0.15, 0.2) is 10.9 Å². The standard InChI is InChI=1S/C12H20N4O2/c1-8-6-10(17)9(11(13-2)16(8)5)7-14-12(18)15(3)4/h6,13H,7H2,1-5H3,(H,14,18). The number of hydrogen-bond donors (Lipinski definition) is 2. The van der Waals surface area contributed by atoms with E-state index in [1.807, 2.05) is 18.5 Å². The molecule has 1 aromatic rings. The summed E-state index contributed by atoms with van der Waals surface area (Å²) < 4.78 is 1.89. The van der Waals surface area contributed by atoms with E-state index < -0.39 is 0 Å². The Morgan fingerprint density at radius 3 is 2.56 bits per heavy atom. The Hall–Kier alpha value is -1.98. The van der Waals surface area contributed by atoms with Crippen LogP contribution >= 0.6 is 0 Å². The van der Waals surface area contributed by atoms with Crippen LogP contribution < -0.4 is 16.1 Å². The highest BCUT2D eigenvalue weighted by Crippen LogP contribution is 2.12. The highest BCUT2D eigenvalue weighted by molar-refractivity contribution is 5.73. The highest BCUT2D eigenvalue weighted by atomic mass is 16.2. The summed E-state index contributed by atoms with van der Waals surface area (Å²) in [7, 11) is 6.94. The fraction of sp³-hybridized carbons (Fsp3) is 0.500. The summed E-state index contributed by atoms with van der Waals surface area (Å²) in [5, 5.41) is 5.69. The van der Waals surface area contributed by atoms with Crippen molar-refractivity contribution in [2.75, 3.05) is 26.5 Å². The summed E-state index contributed by atoms with van der Waals surface area (Å²) in [6.45, 7) is 2.07. The predicted molar refractivity (Wildman–Crippen MR) is 71.9 cm³/mol. The van der Waals surface area contributed by atoms with Crippen LogP contribution in [0.3, 0.4) is 0 Å². The number of pyridine rings is 1. The molecular formula is C12H20N4O2. The Kier molecular flexibility index (Phi) is 4.36. The molecule has 0 unspecified atom stereocenters. The van der Waals surface area contributed by atoms with Crippen molar-refractivity contribution in [2.24, 2.45) is 7.05 Å². The molecule has 0 aliphatic rings. The van der Waals surface area contributed by atoms with Crippen molar-refractivity contribution in [3.05, 3.63) is 27.5 Å². The van der Waals surface area contributed by atoms with E-state index in [1.54, 1.807) is 27.2 Å². The van der Waals surface area contributed by atoms with Crippen LogP contribution in [0.4, 0.5) is 10.6 Å². The molecule has 0 saturated heterocycles. The summed E-state index contributed by atoms with van der Waals surface area (Å²) in [6.07, 6.45) is 0. The summed E-state index contributed by atoms with van der Waals surface area (Å²) in [5.74, 6) is 0.721. The topological polar surface area (TPSA) is 66.4 Å². The van der Waals surface area contributed by atoms with Gasteiger partial charge in [-0.2, -0.15) is 0 Å². The molecule has 1 heterocycles. The molecule has 18 heavy (non-hydrogen) atoms. The summed E-state index contributed by atoms with van der Waals surface area (Å²) in [5.41, 5.74) is 1.35. The third kappa shape index (κ3) is 2.82. The number of rotatable bonds is 3. The minimum Gasteiger partial charge on any atom is -0.374 e. The Morgan fingerprint density at radius 1 is 1.44 bits per heavy atom. The number of aromatic nitrogens is 1. The average Bonchev–Trinajstić information content (AvgIpc) is 2.31. The Bertz CT molecular complexity index is 506. The average molecular weight is 252 g/mol. The van der Waals surface area contributed by atoms with Crippen molar-refractivity contribution in [3.63, 3.8) is 0 Å². The van der Waals surface area contributed by atoms with E-state index in [0.29, 0.717) is 5.56 Å². The molecule has 0 fully saturated rings. The molecule has 0 bridgehead atoms. The van der Waals surface area contributed by atoms with E-state index in [-0.39, 0.29) is 18.0 Å². The molecule has 6 heteroatoms. The lowest BCUT2D eigenvalue weighted by Crippen LogP contribution is -2.35. The molecule has 0 atom stereocenters. The van der Waals surface area contributed by atoms with Gasteiger partial charge in [0.05, 0.1) is 12.1 Å². The largest absolute Gasteiger partial charge is 0.374 e. The molecule has 6 nitrogen and oxygen atoms in total. The van der Waals surface area contributed by atoms with E-state index in [9.17, 15) is 9.59 Å². The van der Waals surface area contributed by atoms with Gasteiger partial charge in [0.2, 0.25) is 0 Å². The molecule has 0 aliphatic heterocycles. The van der Waals surface area contributed by atoms with Crippen molar-refractivity contribution in [1.29, 1.82) is 0 Å². The molecule has 0 radical (unpaired) electrons. The molecule has 2 N–H and O–H groups in total. The first-order valence-electron chi connectivity index (χ1n) is 5.71. The lowest BCUT2D eigenvalue weighted by atomic mass is 10.2. The summed E-state index contributed by atoms with van der Waals surface area (Å²) in [4.78, 5) is 24.8. The quantitative estimate of drug-likeness (QED) is 0.823. The van der Waals surface area contributed by atoms with Crippen molar-refractivity contribution >= 4 is 11.8 Å². The zero-order valence-electron chi connectivity index (χ0n) is 11.5. The smallest absolute Gasteiger partial charge is 0.317 e. The van der Waals surface area contributed by atoms with Gasteiger partial charge in [-0.05, 0) is 6.92 Å². The molecule has 1 rings (SSSR count). The molecular weight excluding hydrogens is 232 g/mol. The number of nitrogens with one attached hydrogen (secondary N) is 2. The second kappa shape index (κ2) is 5.57. The molecule has 0 aliphatic carbocycles. The second-order valence-corrected chi connectivity index (χ2v) is 4.34. The lowest BCUT2D eigenvalue weighted by Gasteiger charge is -2.17. The number of carbonyl (C=O) groups is 1. The first-order chi connectivity index (χ1) is 8.38. The monoisotopic (exact) mass is 252 g/mol. The van der Waals surface area contributed by atoms with Gasteiger partial charge in [0.25, 0.3) is 0 Å². The van der Waals surface area contributed by atoms with Crippen molar-refractivity contribution in [3.8, 4) is 0 Å². The van der Waals surface area contributed by atoms with Gasteiger partial charge < -0.3 is 20.1 Å². The van der Waals surface area contributed by atoms with Gasteiger partial charge in [0, 0.05) is 40.0 Å². The maximum atomic E-state index is 11.9. The third-order valence-electron chi connectivity index (χ3n) is 2.85. The van der Waals surface area contributed by atoms with Crippen molar-refractivity contribution in [1.82, 2.24) is 14.8 Å². The number of urea groups is 1. The van der Waals surface area contributed by atoms with Crippen LogP contribution in [0.25, 0.3) is 0 Å². The fourth-order valence-corrected chi connectivity index (χ4v) is 1.68. The second-order valence-electron chi connectivity index (χ2n) is 4.34. The van der Waals surface area contributed by atoms with Crippen molar-refractivity contribution in [2.45, 2.75) is 13.5 Å². The van der Waals surface area contributed by atoms with Gasteiger partial charge >= 0.3 is 6.03 Å². The van der Waals surface area contributed by atoms with Crippen molar-refractivity contribution < 1.29 is 4.79 Å². The van der Waals surface area contributed by atoms with Gasteiger partial charge in [-0.1, -0.05) is 0 Å². The van der Waals surface area contributed by atoms with E-state index in [1.165, 1.54) is 4.90 Å². The molecule has 0 spiro atoms. The predicted octanol–water partition coefficient (Wildman–Crippen LogP) is 0.507. The number of nitrogens with zero attached hydrogens (tertiary/aromatic N) is 2. The Labute approximate surface area is 107 Å². The van der Waals surface area contributed by atoms with E-state index in [0.717, 1.165) is 11.5 Å².